The number of rotatable bonds is 5. The number of hydrogen-bond donors (Lipinski definition) is 1. The zero-order chi connectivity index (χ0) is 18.7. The standard InChI is InChI=1S/C19H25FN2O3S/c1-2-11-21-26(24,25)18-13-15(9-10-16(18)20)19(23)22-12-5-7-14-6-3-4-8-17(14)22/h2,9-10,13-14,17,21H,1,3-8,11-12H2. The highest BCUT2D eigenvalue weighted by Crippen LogP contribution is 2.36. The van der Waals surface area contributed by atoms with Gasteiger partial charge in [-0.25, -0.2) is 17.5 Å². The minimum atomic E-state index is -4.03. The maximum atomic E-state index is 14.1. The zero-order valence-corrected chi connectivity index (χ0v) is 15.6. The van der Waals surface area contributed by atoms with Crippen LogP contribution in [0.25, 0.3) is 0 Å². The Labute approximate surface area is 154 Å². The summed E-state index contributed by atoms with van der Waals surface area (Å²) in [4.78, 5) is 14.4. The quantitative estimate of drug-likeness (QED) is 0.799. The van der Waals surface area contributed by atoms with Gasteiger partial charge in [-0.1, -0.05) is 18.9 Å². The molecule has 2 fully saturated rings. The van der Waals surface area contributed by atoms with E-state index in [2.05, 4.69) is 11.3 Å². The van der Waals surface area contributed by atoms with E-state index in [1.165, 1.54) is 18.6 Å². The lowest BCUT2D eigenvalue weighted by molar-refractivity contribution is 0.0390. The van der Waals surface area contributed by atoms with Crippen LogP contribution in [0.5, 0.6) is 0 Å². The van der Waals surface area contributed by atoms with E-state index >= 15 is 0 Å². The van der Waals surface area contributed by atoms with Crippen molar-refractivity contribution in [2.75, 3.05) is 13.1 Å². The largest absolute Gasteiger partial charge is 0.335 e. The topological polar surface area (TPSA) is 66.5 Å². The third-order valence-corrected chi connectivity index (χ3v) is 6.83. The smallest absolute Gasteiger partial charge is 0.254 e. The van der Waals surface area contributed by atoms with E-state index in [0.717, 1.165) is 44.2 Å². The fourth-order valence-electron chi connectivity index (χ4n) is 4.13. The fourth-order valence-corrected chi connectivity index (χ4v) is 5.23. The second kappa shape index (κ2) is 7.88. The average Bonchev–Trinajstić information content (AvgIpc) is 2.65. The SMILES string of the molecule is C=CCNS(=O)(=O)c1cc(C(=O)N2CCCC3CCCCC32)ccc1F. The van der Waals surface area contributed by atoms with Crippen molar-refractivity contribution in [3.63, 3.8) is 0 Å². The van der Waals surface area contributed by atoms with Gasteiger partial charge in [-0.15, -0.1) is 6.58 Å². The van der Waals surface area contributed by atoms with E-state index in [9.17, 15) is 17.6 Å². The molecule has 1 heterocycles. The second-order valence-electron chi connectivity index (χ2n) is 7.04. The summed E-state index contributed by atoms with van der Waals surface area (Å²) < 4.78 is 40.9. The number of likely N-dealkylation sites (tertiary alicyclic amines) is 1. The van der Waals surface area contributed by atoms with Gasteiger partial charge in [0.05, 0.1) is 0 Å². The molecule has 1 aliphatic carbocycles. The van der Waals surface area contributed by atoms with Gasteiger partial charge < -0.3 is 4.90 Å². The summed E-state index contributed by atoms with van der Waals surface area (Å²) in [6, 6.07) is 3.79. The fraction of sp³-hybridized carbons (Fsp3) is 0.526. The van der Waals surface area contributed by atoms with E-state index in [1.54, 1.807) is 0 Å². The molecule has 1 N–H and O–H groups in total. The van der Waals surface area contributed by atoms with Gasteiger partial charge in [0.15, 0.2) is 0 Å². The van der Waals surface area contributed by atoms with E-state index in [1.807, 2.05) is 4.90 Å². The molecule has 0 bridgehead atoms. The summed E-state index contributed by atoms with van der Waals surface area (Å²) in [6.07, 6.45) is 7.92. The van der Waals surface area contributed by atoms with Crippen LogP contribution in [0.3, 0.4) is 0 Å². The summed E-state index contributed by atoms with van der Waals surface area (Å²) in [5.41, 5.74) is 0.219. The van der Waals surface area contributed by atoms with Crippen molar-refractivity contribution in [2.24, 2.45) is 5.92 Å². The number of nitrogens with one attached hydrogen (secondary N) is 1. The van der Waals surface area contributed by atoms with Crippen molar-refractivity contribution in [3.8, 4) is 0 Å². The second-order valence-corrected chi connectivity index (χ2v) is 8.77. The Bertz CT molecular complexity index is 792. The molecule has 0 spiro atoms. The van der Waals surface area contributed by atoms with E-state index < -0.39 is 20.7 Å². The molecule has 1 amide bonds. The molecule has 2 unspecified atom stereocenters. The number of sulfonamides is 1. The number of carbonyl (C=O) groups is 1. The molecule has 2 atom stereocenters. The maximum absolute atomic E-state index is 14.1. The van der Waals surface area contributed by atoms with Crippen LogP contribution in [0.2, 0.25) is 0 Å². The van der Waals surface area contributed by atoms with Gasteiger partial charge in [0.2, 0.25) is 10.0 Å². The van der Waals surface area contributed by atoms with Crippen molar-refractivity contribution >= 4 is 15.9 Å². The van der Waals surface area contributed by atoms with E-state index in [4.69, 9.17) is 0 Å². The highest BCUT2D eigenvalue weighted by Gasteiger charge is 2.36. The lowest BCUT2D eigenvalue weighted by atomic mass is 9.78. The molecule has 3 rings (SSSR count). The van der Waals surface area contributed by atoms with Crippen molar-refractivity contribution in [1.82, 2.24) is 9.62 Å². The summed E-state index contributed by atoms with van der Waals surface area (Å²) in [5.74, 6) is -0.548. The van der Waals surface area contributed by atoms with Crippen LogP contribution in [0.4, 0.5) is 4.39 Å². The number of carbonyl (C=O) groups excluding carboxylic acids is 1. The highest BCUT2D eigenvalue weighted by molar-refractivity contribution is 7.89. The van der Waals surface area contributed by atoms with Gasteiger partial charge in [0.1, 0.15) is 10.7 Å². The Morgan fingerprint density at radius 1 is 1.27 bits per heavy atom. The summed E-state index contributed by atoms with van der Waals surface area (Å²) >= 11 is 0. The van der Waals surface area contributed by atoms with Crippen LogP contribution in [0.15, 0.2) is 35.7 Å². The number of fused-ring (bicyclic) bond motifs is 1. The molecule has 1 saturated carbocycles. The predicted molar refractivity (Wildman–Crippen MR) is 97.8 cm³/mol. The van der Waals surface area contributed by atoms with E-state index in [0.29, 0.717) is 12.5 Å². The molecule has 5 nitrogen and oxygen atoms in total. The minimum Gasteiger partial charge on any atom is -0.335 e. The molecule has 0 radical (unpaired) electrons. The van der Waals surface area contributed by atoms with Gasteiger partial charge >= 0.3 is 0 Å². The van der Waals surface area contributed by atoms with Crippen LogP contribution in [0.1, 0.15) is 48.9 Å². The molecule has 1 aromatic rings. The molecule has 26 heavy (non-hydrogen) atoms. The van der Waals surface area contributed by atoms with Crippen molar-refractivity contribution < 1.29 is 17.6 Å². The first kappa shape index (κ1) is 19.0. The average molecular weight is 380 g/mol. The highest BCUT2D eigenvalue weighted by atomic mass is 32.2. The Kier molecular flexibility index (Phi) is 5.77. The van der Waals surface area contributed by atoms with Gasteiger partial charge in [-0.3, -0.25) is 4.79 Å². The molecule has 0 aromatic heterocycles. The summed E-state index contributed by atoms with van der Waals surface area (Å²) in [5, 5.41) is 0. The molecule has 1 aromatic carbocycles. The molecule has 7 heteroatoms. The van der Waals surface area contributed by atoms with E-state index in [-0.39, 0.29) is 24.1 Å². The summed E-state index contributed by atoms with van der Waals surface area (Å²) in [6.45, 7) is 4.11. The summed E-state index contributed by atoms with van der Waals surface area (Å²) in [7, 11) is -4.03. The number of benzene rings is 1. The predicted octanol–water partition coefficient (Wildman–Crippen LogP) is 3.08. The molecule has 2 aliphatic rings. The van der Waals surface area contributed by atoms with Gasteiger partial charge in [-0.2, -0.15) is 0 Å². The Hall–Kier alpha value is -1.73. The van der Waals surface area contributed by atoms with Crippen LogP contribution in [-0.4, -0.2) is 38.4 Å². The zero-order valence-electron chi connectivity index (χ0n) is 14.8. The number of piperidine rings is 1. The van der Waals surface area contributed by atoms with Crippen LogP contribution in [0, 0.1) is 11.7 Å². The van der Waals surface area contributed by atoms with Crippen molar-refractivity contribution in [1.29, 1.82) is 0 Å². The first-order valence-corrected chi connectivity index (χ1v) is 10.6. The van der Waals surface area contributed by atoms with Crippen molar-refractivity contribution in [2.45, 2.75) is 49.5 Å². The first-order chi connectivity index (χ1) is 12.4. The maximum Gasteiger partial charge on any atom is 0.254 e. The normalized spacial score (nSPS) is 23.3. The number of amides is 1. The third kappa shape index (κ3) is 3.83. The molecular formula is C19H25FN2O3S. The van der Waals surface area contributed by atoms with Crippen LogP contribution >= 0.6 is 0 Å². The first-order valence-electron chi connectivity index (χ1n) is 9.15. The Morgan fingerprint density at radius 2 is 2.00 bits per heavy atom. The van der Waals surface area contributed by atoms with Crippen molar-refractivity contribution in [3.05, 3.63) is 42.2 Å². The lowest BCUT2D eigenvalue weighted by Gasteiger charge is -2.44. The number of hydrogen-bond acceptors (Lipinski definition) is 3. The molecule has 1 saturated heterocycles. The third-order valence-electron chi connectivity index (χ3n) is 5.39. The van der Waals surface area contributed by atoms with Gasteiger partial charge in [-0.05, 0) is 49.8 Å². The molecular weight excluding hydrogens is 355 g/mol. The van der Waals surface area contributed by atoms with Crippen LogP contribution in [-0.2, 0) is 10.0 Å². The Balaban J connectivity index is 1.88. The lowest BCUT2D eigenvalue weighted by Crippen LogP contribution is -2.49. The van der Waals surface area contributed by atoms with Crippen LogP contribution < -0.4 is 4.72 Å². The monoisotopic (exact) mass is 380 g/mol. The molecule has 1 aliphatic heterocycles. The minimum absolute atomic E-state index is 0.00414. The number of nitrogens with zero attached hydrogens (tertiary/aromatic N) is 1. The molecule has 142 valence electrons. The van der Waals surface area contributed by atoms with Gasteiger partial charge in [0.25, 0.3) is 5.91 Å². The van der Waals surface area contributed by atoms with Gasteiger partial charge in [0, 0.05) is 24.7 Å². The Morgan fingerprint density at radius 3 is 2.77 bits per heavy atom. The number of halogens is 1.